The van der Waals surface area contributed by atoms with Crippen LogP contribution in [0.1, 0.15) is 60.6 Å². The number of nitrogens with one attached hydrogen (secondary N) is 1. The van der Waals surface area contributed by atoms with Crippen LogP contribution in [0.15, 0.2) is 18.2 Å². The lowest BCUT2D eigenvalue weighted by atomic mass is 9.87. The van der Waals surface area contributed by atoms with Crippen LogP contribution in [-0.4, -0.2) is 10.5 Å². The van der Waals surface area contributed by atoms with Crippen molar-refractivity contribution >= 4 is 16.8 Å². The van der Waals surface area contributed by atoms with Crippen LogP contribution in [0.4, 0.5) is 0 Å². The Hall–Kier alpha value is -1.81. The van der Waals surface area contributed by atoms with Crippen molar-refractivity contribution in [1.29, 1.82) is 0 Å². The Balaban J connectivity index is 2.25. The van der Waals surface area contributed by atoms with Gasteiger partial charge >= 0.3 is 0 Å². The normalized spacial score (nSPS) is 17.8. The predicted molar refractivity (Wildman–Crippen MR) is 85.2 cm³/mol. The molecular formula is C17H23N3O. The van der Waals surface area contributed by atoms with E-state index >= 15 is 0 Å². The molecule has 21 heavy (non-hydrogen) atoms. The molecule has 0 bridgehead atoms. The van der Waals surface area contributed by atoms with Gasteiger partial charge in [0.05, 0.1) is 0 Å². The molecule has 3 N–H and O–H groups in total. The lowest BCUT2D eigenvalue weighted by Gasteiger charge is -2.22. The van der Waals surface area contributed by atoms with E-state index in [1.165, 1.54) is 35.0 Å². The third-order valence-electron chi connectivity index (χ3n) is 4.58. The molecule has 1 aliphatic carbocycles. The van der Waals surface area contributed by atoms with Gasteiger partial charge in [-0.25, -0.2) is 5.84 Å². The highest BCUT2D eigenvalue weighted by atomic mass is 16.2. The number of amides is 1. The van der Waals surface area contributed by atoms with Crippen LogP contribution in [0.2, 0.25) is 0 Å². The highest BCUT2D eigenvalue weighted by Crippen LogP contribution is 2.38. The molecule has 1 amide bonds. The molecule has 0 spiro atoms. The molecule has 0 radical (unpaired) electrons. The fraction of sp³-hybridized carbons (Fsp3) is 0.471. The summed E-state index contributed by atoms with van der Waals surface area (Å²) in [7, 11) is 0. The van der Waals surface area contributed by atoms with Gasteiger partial charge in [0.2, 0.25) is 0 Å². The average Bonchev–Trinajstić information content (AvgIpc) is 2.82. The number of nitrogens with two attached hydrogens (primary N) is 1. The smallest absolute Gasteiger partial charge is 0.265 e. The van der Waals surface area contributed by atoms with E-state index in [1.807, 2.05) is 12.1 Å². The summed E-state index contributed by atoms with van der Waals surface area (Å²) in [6.45, 7) is 5.57. The molecule has 0 aliphatic heterocycles. The van der Waals surface area contributed by atoms with Crippen molar-refractivity contribution in [1.82, 2.24) is 9.99 Å². The van der Waals surface area contributed by atoms with Gasteiger partial charge in [-0.1, -0.05) is 13.8 Å². The maximum atomic E-state index is 11.8. The van der Waals surface area contributed by atoms with E-state index in [1.54, 1.807) is 0 Å². The molecule has 0 fully saturated rings. The number of fused-ring (bicyclic) bond motifs is 3. The van der Waals surface area contributed by atoms with Crippen molar-refractivity contribution in [3.8, 4) is 0 Å². The third-order valence-corrected chi connectivity index (χ3v) is 4.58. The number of benzene rings is 1. The van der Waals surface area contributed by atoms with Gasteiger partial charge in [0, 0.05) is 28.7 Å². The minimum Gasteiger partial charge on any atom is -0.344 e. The number of aromatic nitrogens is 1. The number of nitrogen functional groups attached to an aromatic ring is 1. The Morgan fingerprint density at radius 3 is 3.00 bits per heavy atom. The summed E-state index contributed by atoms with van der Waals surface area (Å²) >= 11 is 0. The zero-order valence-corrected chi connectivity index (χ0v) is 12.8. The van der Waals surface area contributed by atoms with Crippen molar-refractivity contribution in [2.24, 2.45) is 5.84 Å². The maximum absolute atomic E-state index is 11.8. The summed E-state index contributed by atoms with van der Waals surface area (Å²) in [6, 6.07) is 5.94. The first-order valence-electron chi connectivity index (χ1n) is 7.83. The first-order valence-corrected chi connectivity index (χ1v) is 7.83. The summed E-state index contributed by atoms with van der Waals surface area (Å²) < 4.78 is 2.46. The van der Waals surface area contributed by atoms with Crippen LogP contribution in [0.5, 0.6) is 0 Å². The summed E-state index contributed by atoms with van der Waals surface area (Å²) in [5.41, 5.74) is 7.02. The molecular weight excluding hydrogens is 262 g/mol. The molecule has 1 heterocycles. The summed E-state index contributed by atoms with van der Waals surface area (Å²) in [5.74, 6) is 5.63. The summed E-state index contributed by atoms with van der Waals surface area (Å²) in [5, 5.41) is 1.23. The Morgan fingerprint density at radius 1 is 1.48 bits per heavy atom. The second-order valence-corrected chi connectivity index (χ2v) is 6.01. The Morgan fingerprint density at radius 2 is 2.29 bits per heavy atom. The quantitative estimate of drug-likeness (QED) is 0.517. The monoisotopic (exact) mass is 285 g/mol. The molecule has 3 rings (SSSR count). The molecule has 2 aromatic rings. The van der Waals surface area contributed by atoms with E-state index in [2.05, 4.69) is 29.9 Å². The van der Waals surface area contributed by atoms with E-state index in [9.17, 15) is 4.79 Å². The second-order valence-electron chi connectivity index (χ2n) is 6.01. The van der Waals surface area contributed by atoms with Gasteiger partial charge in [0.15, 0.2) is 0 Å². The first-order chi connectivity index (χ1) is 10.2. The predicted octanol–water partition coefficient (Wildman–Crippen LogP) is 3.09. The SMILES string of the molecule is CCCn1c2c(c3cc(C(=O)NN)ccc31)CCCC2C. The average molecular weight is 285 g/mol. The molecule has 4 heteroatoms. The lowest BCUT2D eigenvalue weighted by Crippen LogP contribution is -2.29. The van der Waals surface area contributed by atoms with Crippen LogP contribution < -0.4 is 11.3 Å². The summed E-state index contributed by atoms with van der Waals surface area (Å²) in [4.78, 5) is 11.8. The van der Waals surface area contributed by atoms with Gasteiger partial charge in [-0.3, -0.25) is 10.2 Å². The second kappa shape index (κ2) is 5.53. The van der Waals surface area contributed by atoms with E-state index in [0.717, 1.165) is 19.4 Å². The van der Waals surface area contributed by atoms with Gasteiger partial charge in [0.1, 0.15) is 0 Å². The molecule has 1 atom stereocenters. The summed E-state index contributed by atoms with van der Waals surface area (Å²) in [6.07, 6.45) is 4.71. The van der Waals surface area contributed by atoms with Gasteiger partial charge < -0.3 is 4.57 Å². The van der Waals surface area contributed by atoms with Crippen molar-refractivity contribution in [2.45, 2.75) is 52.0 Å². The fourth-order valence-electron chi connectivity index (χ4n) is 3.68. The lowest BCUT2D eigenvalue weighted by molar-refractivity contribution is 0.0954. The Kier molecular flexibility index (Phi) is 3.72. The molecule has 1 aromatic heterocycles. The van der Waals surface area contributed by atoms with Crippen LogP contribution in [-0.2, 0) is 13.0 Å². The molecule has 1 aliphatic rings. The molecule has 0 saturated heterocycles. The van der Waals surface area contributed by atoms with Gasteiger partial charge in [-0.05, 0) is 55.4 Å². The van der Waals surface area contributed by atoms with Crippen LogP contribution in [0, 0.1) is 0 Å². The number of rotatable bonds is 3. The zero-order valence-electron chi connectivity index (χ0n) is 12.8. The number of carbonyl (C=O) groups is 1. The fourth-order valence-corrected chi connectivity index (χ4v) is 3.68. The van der Waals surface area contributed by atoms with E-state index in [4.69, 9.17) is 5.84 Å². The van der Waals surface area contributed by atoms with Gasteiger partial charge in [-0.15, -0.1) is 0 Å². The van der Waals surface area contributed by atoms with Crippen LogP contribution in [0.25, 0.3) is 10.9 Å². The van der Waals surface area contributed by atoms with Crippen LogP contribution >= 0.6 is 0 Å². The minimum atomic E-state index is -0.224. The third kappa shape index (κ3) is 2.23. The molecule has 4 nitrogen and oxygen atoms in total. The Bertz CT molecular complexity index is 687. The zero-order chi connectivity index (χ0) is 15.0. The Labute approximate surface area is 125 Å². The van der Waals surface area contributed by atoms with Gasteiger partial charge in [-0.2, -0.15) is 0 Å². The molecule has 1 aromatic carbocycles. The topological polar surface area (TPSA) is 60.0 Å². The molecule has 112 valence electrons. The van der Waals surface area contributed by atoms with E-state index in [0.29, 0.717) is 11.5 Å². The number of hydrogen-bond acceptors (Lipinski definition) is 2. The van der Waals surface area contributed by atoms with Crippen molar-refractivity contribution < 1.29 is 4.79 Å². The number of aryl methyl sites for hydroxylation is 2. The first kappa shape index (κ1) is 14.1. The van der Waals surface area contributed by atoms with E-state index in [-0.39, 0.29) is 5.91 Å². The highest BCUT2D eigenvalue weighted by molar-refractivity contribution is 5.99. The van der Waals surface area contributed by atoms with Crippen LogP contribution in [0.3, 0.4) is 0 Å². The van der Waals surface area contributed by atoms with Crippen molar-refractivity contribution in [2.75, 3.05) is 0 Å². The number of carbonyl (C=O) groups excluding carboxylic acids is 1. The molecule has 1 unspecified atom stereocenters. The largest absolute Gasteiger partial charge is 0.344 e. The minimum absolute atomic E-state index is 0.224. The van der Waals surface area contributed by atoms with Crippen molar-refractivity contribution in [3.05, 3.63) is 35.0 Å². The number of nitrogens with zero attached hydrogens (tertiary/aromatic N) is 1. The van der Waals surface area contributed by atoms with Crippen molar-refractivity contribution in [3.63, 3.8) is 0 Å². The number of hydrogen-bond donors (Lipinski definition) is 2. The standard InChI is InChI=1S/C17H23N3O/c1-3-9-20-15-8-7-12(17(21)19-18)10-14(15)13-6-4-5-11(2)16(13)20/h7-8,10-11H,3-6,9,18H2,1-2H3,(H,19,21). The number of hydrazine groups is 1. The highest BCUT2D eigenvalue weighted by Gasteiger charge is 2.25. The maximum Gasteiger partial charge on any atom is 0.265 e. The van der Waals surface area contributed by atoms with Gasteiger partial charge in [0.25, 0.3) is 5.91 Å². The molecule has 0 saturated carbocycles. The van der Waals surface area contributed by atoms with E-state index < -0.39 is 0 Å².